The second-order valence-corrected chi connectivity index (χ2v) is 6.22. The van der Waals surface area contributed by atoms with Crippen LogP contribution in [-0.2, 0) is 19.1 Å². The Balaban J connectivity index is 3.56. The van der Waals surface area contributed by atoms with Gasteiger partial charge in [0.15, 0.2) is 0 Å². The molecular weight excluding hydrogens is 302 g/mol. The molecule has 0 radical (unpaired) electrons. The molecule has 0 N–H and O–H groups in total. The zero-order chi connectivity index (χ0) is 14.0. The van der Waals surface area contributed by atoms with E-state index in [0.717, 1.165) is 19.3 Å². The summed E-state index contributed by atoms with van der Waals surface area (Å²) in [5, 5.41) is 0. The van der Waals surface area contributed by atoms with E-state index in [1.54, 1.807) is 0 Å². The fourth-order valence-corrected chi connectivity index (χ4v) is 1.21. The second kappa shape index (κ2) is 9.70. The topological polar surface area (TPSA) is 52.6 Å². The summed E-state index contributed by atoms with van der Waals surface area (Å²) in [6.45, 7) is 2.11. The van der Waals surface area contributed by atoms with Crippen LogP contribution in [0.3, 0.4) is 0 Å². The van der Waals surface area contributed by atoms with Crippen molar-refractivity contribution in [2.24, 2.45) is 0 Å². The molecule has 0 saturated carbocycles. The molecular formula is C11H17Cl3O4. The Kier molecular flexibility index (Phi) is 9.60. The lowest BCUT2D eigenvalue weighted by Crippen LogP contribution is -2.18. The van der Waals surface area contributed by atoms with Crippen molar-refractivity contribution in [1.82, 2.24) is 0 Å². The molecule has 0 spiro atoms. The summed E-state index contributed by atoms with van der Waals surface area (Å²) < 4.78 is 7.94. The first-order valence-corrected chi connectivity index (χ1v) is 6.86. The number of alkyl halides is 3. The minimum atomic E-state index is -1.63. The van der Waals surface area contributed by atoms with Crippen molar-refractivity contribution >= 4 is 46.7 Å². The molecule has 0 atom stereocenters. The Labute approximate surface area is 122 Å². The lowest BCUT2D eigenvalue weighted by Gasteiger charge is -2.11. The molecule has 0 aliphatic heterocycles. The first kappa shape index (κ1) is 17.8. The third kappa shape index (κ3) is 12.3. The van der Waals surface area contributed by atoms with E-state index in [0.29, 0.717) is 6.61 Å². The molecule has 0 amide bonds. The predicted octanol–water partition coefficient (Wildman–Crippen LogP) is 3.41. The minimum absolute atomic E-state index is 0.0230. The van der Waals surface area contributed by atoms with Crippen LogP contribution in [0.1, 0.15) is 39.0 Å². The van der Waals surface area contributed by atoms with E-state index >= 15 is 0 Å². The summed E-state index contributed by atoms with van der Waals surface area (Å²) >= 11 is 16.2. The number of halogens is 3. The monoisotopic (exact) mass is 318 g/mol. The van der Waals surface area contributed by atoms with Crippen molar-refractivity contribution in [1.29, 1.82) is 0 Å². The van der Waals surface area contributed by atoms with Crippen LogP contribution in [0.5, 0.6) is 0 Å². The second-order valence-electron chi connectivity index (χ2n) is 3.70. The molecule has 106 valence electrons. The predicted molar refractivity (Wildman–Crippen MR) is 71.0 cm³/mol. The SMILES string of the molecule is CCCCCOC(=O)CCC(=O)OCC(Cl)(Cl)Cl. The number of unbranched alkanes of at least 4 members (excludes halogenated alkanes) is 2. The summed E-state index contributed by atoms with van der Waals surface area (Å²) in [4.78, 5) is 22.4. The molecule has 0 aromatic carbocycles. The molecule has 18 heavy (non-hydrogen) atoms. The third-order valence-electron chi connectivity index (χ3n) is 1.94. The maximum absolute atomic E-state index is 11.2. The number of carbonyl (C=O) groups excluding carboxylic acids is 2. The Morgan fingerprint density at radius 1 is 1.00 bits per heavy atom. The largest absolute Gasteiger partial charge is 0.466 e. The molecule has 0 fully saturated rings. The minimum Gasteiger partial charge on any atom is -0.466 e. The van der Waals surface area contributed by atoms with Crippen LogP contribution < -0.4 is 0 Å². The highest BCUT2D eigenvalue weighted by Crippen LogP contribution is 2.26. The van der Waals surface area contributed by atoms with E-state index in [1.807, 2.05) is 0 Å². The number of rotatable bonds is 8. The van der Waals surface area contributed by atoms with Crippen LogP contribution in [0.2, 0.25) is 0 Å². The van der Waals surface area contributed by atoms with E-state index in [1.165, 1.54) is 0 Å². The highest BCUT2D eigenvalue weighted by atomic mass is 35.6. The molecule has 0 aromatic heterocycles. The summed E-state index contributed by atoms with van der Waals surface area (Å²) in [7, 11) is 0. The lowest BCUT2D eigenvalue weighted by molar-refractivity contribution is -0.150. The molecule has 0 heterocycles. The van der Waals surface area contributed by atoms with Gasteiger partial charge >= 0.3 is 11.9 Å². The van der Waals surface area contributed by atoms with Gasteiger partial charge in [-0.3, -0.25) is 9.59 Å². The molecule has 4 nitrogen and oxygen atoms in total. The van der Waals surface area contributed by atoms with Crippen molar-refractivity contribution in [3.63, 3.8) is 0 Å². The molecule has 0 bridgehead atoms. The average molecular weight is 320 g/mol. The van der Waals surface area contributed by atoms with Crippen LogP contribution in [-0.4, -0.2) is 28.9 Å². The highest BCUT2D eigenvalue weighted by Gasteiger charge is 2.22. The van der Waals surface area contributed by atoms with E-state index < -0.39 is 15.7 Å². The molecule has 0 aromatic rings. The maximum atomic E-state index is 11.2. The van der Waals surface area contributed by atoms with Crippen LogP contribution >= 0.6 is 34.8 Å². The van der Waals surface area contributed by atoms with E-state index in [-0.39, 0.29) is 19.4 Å². The number of esters is 2. The van der Waals surface area contributed by atoms with Crippen molar-refractivity contribution in [2.45, 2.75) is 42.8 Å². The fraction of sp³-hybridized carbons (Fsp3) is 0.818. The van der Waals surface area contributed by atoms with Gasteiger partial charge < -0.3 is 9.47 Å². The van der Waals surface area contributed by atoms with Gasteiger partial charge in [-0.15, -0.1) is 0 Å². The summed E-state index contributed by atoms with van der Waals surface area (Å²) in [5.41, 5.74) is 0. The van der Waals surface area contributed by atoms with Gasteiger partial charge in [-0.05, 0) is 6.42 Å². The summed E-state index contributed by atoms with van der Waals surface area (Å²) in [6.07, 6.45) is 2.80. The van der Waals surface area contributed by atoms with Gasteiger partial charge in [-0.25, -0.2) is 0 Å². The molecule has 0 rings (SSSR count). The third-order valence-corrected chi connectivity index (χ3v) is 2.27. The number of ether oxygens (including phenoxy) is 2. The molecule has 0 saturated heterocycles. The standard InChI is InChI=1S/C11H17Cl3O4/c1-2-3-4-7-17-9(15)5-6-10(16)18-8-11(12,13)14/h2-8H2,1H3. The Hall–Kier alpha value is -0.190. The molecule has 0 unspecified atom stereocenters. The van der Waals surface area contributed by atoms with Gasteiger partial charge in [0.25, 0.3) is 0 Å². The lowest BCUT2D eigenvalue weighted by atomic mass is 10.3. The van der Waals surface area contributed by atoms with Crippen LogP contribution in [0.15, 0.2) is 0 Å². The zero-order valence-electron chi connectivity index (χ0n) is 10.2. The average Bonchev–Trinajstić information content (AvgIpc) is 2.28. The first-order chi connectivity index (χ1) is 8.35. The van der Waals surface area contributed by atoms with Crippen LogP contribution in [0.4, 0.5) is 0 Å². The Morgan fingerprint density at radius 3 is 2.06 bits per heavy atom. The normalized spacial score (nSPS) is 11.1. The Bertz CT molecular complexity index is 264. The summed E-state index contributed by atoms with van der Waals surface area (Å²) in [6, 6.07) is 0. The van der Waals surface area contributed by atoms with E-state index in [4.69, 9.17) is 39.5 Å². The van der Waals surface area contributed by atoms with Crippen molar-refractivity contribution in [3.05, 3.63) is 0 Å². The van der Waals surface area contributed by atoms with E-state index in [2.05, 4.69) is 11.7 Å². The first-order valence-electron chi connectivity index (χ1n) is 5.73. The molecule has 7 heteroatoms. The number of hydrogen-bond acceptors (Lipinski definition) is 4. The molecule has 0 aliphatic carbocycles. The summed E-state index contributed by atoms with van der Waals surface area (Å²) in [5.74, 6) is -1.01. The van der Waals surface area contributed by atoms with Gasteiger partial charge in [0.2, 0.25) is 3.79 Å². The number of hydrogen-bond donors (Lipinski definition) is 0. The Morgan fingerprint density at radius 2 is 1.56 bits per heavy atom. The van der Waals surface area contributed by atoms with Gasteiger partial charge in [-0.1, -0.05) is 54.6 Å². The van der Waals surface area contributed by atoms with Crippen LogP contribution in [0, 0.1) is 0 Å². The van der Waals surface area contributed by atoms with Gasteiger partial charge in [-0.2, -0.15) is 0 Å². The van der Waals surface area contributed by atoms with Gasteiger partial charge in [0.05, 0.1) is 19.4 Å². The van der Waals surface area contributed by atoms with Crippen LogP contribution in [0.25, 0.3) is 0 Å². The van der Waals surface area contributed by atoms with Gasteiger partial charge in [0, 0.05) is 0 Å². The fourth-order valence-electron chi connectivity index (χ4n) is 1.05. The molecule has 0 aliphatic rings. The van der Waals surface area contributed by atoms with Crippen molar-refractivity contribution < 1.29 is 19.1 Å². The smallest absolute Gasteiger partial charge is 0.306 e. The maximum Gasteiger partial charge on any atom is 0.306 e. The van der Waals surface area contributed by atoms with Gasteiger partial charge in [0.1, 0.15) is 6.61 Å². The van der Waals surface area contributed by atoms with E-state index in [9.17, 15) is 9.59 Å². The number of carbonyl (C=O) groups is 2. The quantitative estimate of drug-likeness (QED) is 0.391. The van der Waals surface area contributed by atoms with Crippen molar-refractivity contribution in [2.75, 3.05) is 13.2 Å². The zero-order valence-corrected chi connectivity index (χ0v) is 12.5. The highest BCUT2D eigenvalue weighted by molar-refractivity contribution is 6.67. The van der Waals surface area contributed by atoms with Crippen molar-refractivity contribution in [3.8, 4) is 0 Å².